The van der Waals surface area contributed by atoms with Crippen LogP contribution in [0.25, 0.3) is 0 Å². The summed E-state index contributed by atoms with van der Waals surface area (Å²) in [5.41, 5.74) is 1.38. The van der Waals surface area contributed by atoms with Gasteiger partial charge in [0.05, 0.1) is 5.56 Å². The summed E-state index contributed by atoms with van der Waals surface area (Å²) in [6.07, 6.45) is 3.12. The number of carbonyl (C=O) groups is 1. The average Bonchev–Trinajstić information content (AvgIpc) is 1.88. The molecule has 60 valence electrons. The van der Waals surface area contributed by atoms with E-state index in [0.717, 1.165) is 5.56 Å². The molecule has 1 heterocycles. The number of aryl methyl sites for hydroxylation is 1. The molecule has 1 aromatic rings. The molecule has 0 aliphatic rings. The molecule has 0 aliphatic heterocycles. The highest BCUT2D eigenvalue weighted by Crippen LogP contribution is 2.03. The zero-order chi connectivity index (χ0) is 7.56. The first kappa shape index (κ1) is 10.4. The number of nitrogens with zero attached hydrogens (tertiary/aromatic N) is 1. The van der Waals surface area contributed by atoms with Crippen molar-refractivity contribution in [3.8, 4) is 0 Å². The lowest BCUT2D eigenvalue weighted by Crippen LogP contribution is -1.90. The fraction of sp³-hybridized carbons (Fsp3) is 0.143. The summed E-state index contributed by atoms with van der Waals surface area (Å²) in [6.45, 7) is 1.86. The van der Waals surface area contributed by atoms with E-state index in [1.807, 2.05) is 6.92 Å². The Morgan fingerprint density at radius 1 is 1.55 bits per heavy atom. The minimum atomic E-state index is -0.462. The van der Waals surface area contributed by atoms with Gasteiger partial charge in [0.25, 0.3) is 5.24 Å². The van der Waals surface area contributed by atoms with Crippen molar-refractivity contribution in [3.05, 3.63) is 29.6 Å². The molecule has 0 unspecified atom stereocenters. The minimum absolute atomic E-state index is 0. The fourth-order valence-electron chi connectivity index (χ4n) is 0.662. The Morgan fingerprint density at radius 2 is 2.18 bits per heavy atom. The third-order valence-corrected chi connectivity index (χ3v) is 1.32. The van der Waals surface area contributed by atoms with Gasteiger partial charge in [0, 0.05) is 12.4 Å². The fourth-order valence-corrected chi connectivity index (χ4v) is 0.766. The number of halogens is 2. The van der Waals surface area contributed by atoms with E-state index in [9.17, 15) is 4.79 Å². The van der Waals surface area contributed by atoms with Crippen molar-refractivity contribution < 1.29 is 4.79 Å². The maximum atomic E-state index is 10.5. The van der Waals surface area contributed by atoms with E-state index in [2.05, 4.69) is 4.98 Å². The summed E-state index contributed by atoms with van der Waals surface area (Å²) >= 11 is 5.20. The van der Waals surface area contributed by atoms with Crippen molar-refractivity contribution in [2.45, 2.75) is 6.92 Å². The number of carbonyl (C=O) groups excluding carboxylic acids is 1. The SMILES string of the molecule is Cc1cncc(C(=O)Cl)c1.Cl. The van der Waals surface area contributed by atoms with Crippen molar-refractivity contribution in [1.82, 2.24) is 4.98 Å². The molecule has 4 heteroatoms. The molecule has 0 bridgehead atoms. The standard InChI is InChI=1S/C7H6ClNO.ClH/c1-5-2-6(7(8)10)4-9-3-5;/h2-4H,1H3;1H. The van der Waals surface area contributed by atoms with Gasteiger partial charge in [0.15, 0.2) is 0 Å². The first-order valence-corrected chi connectivity index (χ1v) is 3.19. The van der Waals surface area contributed by atoms with Gasteiger partial charge in [-0.05, 0) is 30.2 Å². The molecule has 0 atom stereocenters. The number of pyridine rings is 1. The third-order valence-electron chi connectivity index (χ3n) is 1.10. The Kier molecular flexibility index (Phi) is 4.08. The van der Waals surface area contributed by atoms with Crippen LogP contribution >= 0.6 is 24.0 Å². The molecule has 2 nitrogen and oxygen atoms in total. The molecule has 0 radical (unpaired) electrons. The second-order valence-corrected chi connectivity index (χ2v) is 2.37. The summed E-state index contributed by atoms with van der Waals surface area (Å²) in [5.74, 6) is 0. The van der Waals surface area contributed by atoms with E-state index in [1.54, 1.807) is 12.3 Å². The topological polar surface area (TPSA) is 30.0 Å². The van der Waals surface area contributed by atoms with E-state index in [-0.39, 0.29) is 12.4 Å². The second-order valence-electron chi connectivity index (χ2n) is 2.02. The summed E-state index contributed by atoms with van der Waals surface area (Å²) < 4.78 is 0. The van der Waals surface area contributed by atoms with Crippen molar-refractivity contribution in [3.63, 3.8) is 0 Å². The van der Waals surface area contributed by atoms with Crippen LogP contribution in [0, 0.1) is 6.92 Å². The Balaban J connectivity index is 0.000001000. The van der Waals surface area contributed by atoms with Crippen molar-refractivity contribution in [2.24, 2.45) is 0 Å². The zero-order valence-corrected chi connectivity index (χ0v) is 7.45. The number of aromatic nitrogens is 1. The highest BCUT2D eigenvalue weighted by molar-refractivity contribution is 6.67. The monoisotopic (exact) mass is 191 g/mol. The van der Waals surface area contributed by atoms with Gasteiger partial charge in [-0.25, -0.2) is 0 Å². The smallest absolute Gasteiger partial charge is 0.253 e. The molecule has 0 spiro atoms. The van der Waals surface area contributed by atoms with Gasteiger partial charge in [-0.2, -0.15) is 0 Å². The van der Waals surface area contributed by atoms with Gasteiger partial charge in [-0.3, -0.25) is 9.78 Å². The predicted molar refractivity (Wildman–Crippen MR) is 46.4 cm³/mol. The summed E-state index contributed by atoms with van der Waals surface area (Å²) in [6, 6.07) is 1.70. The lowest BCUT2D eigenvalue weighted by Gasteiger charge is -1.92. The van der Waals surface area contributed by atoms with Crippen molar-refractivity contribution in [1.29, 1.82) is 0 Å². The number of hydrogen-bond donors (Lipinski definition) is 0. The van der Waals surface area contributed by atoms with Crippen molar-refractivity contribution in [2.75, 3.05) is 0 Å². The largest absolute Gasteiger partial charge is 0.276 e. The molecule has 0 saturated heterocycles. The lowest BCUT2D eigenvalue weighted by atomic mass is 10.2. The Labute approximate surface area is 76.0 Å². The highest BCUT2D eigenvalue weighted by Gasteiger charge is 1.99. The van der Waals surface area contributed by atoms with Crippen LogP contribution in [0.5, 0.6) is 0 Å². The van der Waals surface area contributed by atoms with E-state index >= 15 is 0 Å². The maximum absolute atomic E-state index is 10.5. The first-order valence-electron chi connectivity index (χ1n) is 2.81. The number of hydrogen-bond acceptors (Lipinski definition) is 2. The molecular weight excluding hydrogens is 185 g/mol. The van der Waals surface area contributed by atoms with Crippen LogP contribution in [0.3, 0.4) is 0 Å². The Morgan fingerprint density at radius 3 is 2.55 bits per heavy atom. The Bertz CT molecular complexity index is 262. The van der Waals surface area contributed by atoms with Crippen LogP contribution in [0.4, 0.5) is 0 Å². The molecule has 1 aromatic heterocycles. The Hall–Kier alpha value is -0.600. The van der Waals surface area contributed by atoms with Gasteiger partial charge in [0.1, 0.15) is 0 Å². The lowest BCUT2D eigenvalue weighted by molar-refractivity contribution is 0.108. The average molecular weight is 192 g/mol. The zero-order valence-electron chi connectivity index (χ0n) is 5.87. The van der Waals surface area contributed by atoms with Crippen LogP contribution in [-0.4, -0.2) is 10.2 Å². The maximum Gasteiger partial charge on any atom is 0.253 e. The van der Waals surface area contributed by atoms with Crippen LogP contribution < -0.4 is 0 Å². The van der Waals surface area contributed by atoms with Gasteiger partial charge < -0.3 is 0 Å². The van der Waals surface area contributed by atoms with Gasteiger partial charge in [-0.15, -0.1) is 12.4 Å². The van der Waals surface area contributed by atoms with E-state index < -0.39 is 5.24 Å². The molecule has 0 fully saturated rings. The molecule has 0 amide bonds. The van der Waals surface area contributed by atoms with Gasteiger partial charge in [-0.1, -0.05) is 0 Å². The summed E-state index contributed by atoms with van der Waals surface area (Å²) in [7, 11) is 0. The normalized spacial score (nSPS) is 8.55. The summed E-state index contributed by atoms with van der Waals surface area (Å²) in [4.78, 5) is 14.3. The van der Waals surface area contributed by atoms with E-state index in [1.165, 1.54) is 6.20 Å². The molecule has 11 heavy (non-hydrogen) atoms. The van der Waals surface area contributed by atoms with Crippen LogP contribution in [-0.2, 0) is 0 Å². The molecule has 1 rings (SSSR count). The van der Waals surface area contributed by atoms with E-state index in [0.29, 0.717) is 5.56 Å². The minimum Gasteiger partial charge on any atom is -0.276 e. The first-order chi connectivity index (χ1) is 4.70. The van der Waals surface area contributed by atoms with Crippen LogP contribution in [0.2, 0.25) is 0 Å². The van der Waals surface area contributed by atoms with E-state index in [4.69, 9.17) is 11.6 Å². The number of rotatable bonds is 1. The molecular formula is C7H7Cl2NO. The molecule has 0 N–H and O–H groups in total. The third kappa shape index (κ3) is 2.87. The predicted octanol–water partition coefficient (Wildman–Crippen LogP) is 2.19. The summed E-state index contributed by atoms with van der Waals surface area (Å²) in [5, 5.41) is -0.462. The van der Waals surface area contributed by atoms with Gasteiger partial charge >= 0.3 is 0 Å². The van der Waals surface area contributed by atoms with Crippen LogP contribution in [0.1, 0.15) is 15.9 Å². The van der Waals surface area contributed by atoms with Crippen LogP contribution in [0.15, 0.2) is 18.5 Å². The molecule has 0 aromatic carbocycles. The quantitative estimate of drug-likeness (QED) is 0.638. The van der Waals surface area contributed by atoms with Gasteiger partial charge in [0.2, 0.25) is 0 Å². The highest BCUT2D eigenvalue weighted by atomic mass is 35.5. The van der Waals surface area contributed by atoms with Crippen molar-refractivity contribution >= 4 is 29.3 Å². The molecule has 0 saturated carbocycles. The second kappa shape index (κ2) is 4.31. The molecule has 0 aliphatic carbocycles.